The topological polar surface area (TPSA) is 136 Å². The van der Waals surface area contributed by atoms with Crippen LogP contribution in [0, 0.1) is 0 Å². The summed E-state index contributed by atoms with van der Waals surface area (Å²) in [5, 5.41) is 8.07. The molecule has 1 aliphatic heterocycles. The van der Waals surface area contributed by atoms with Crippen LogP contribution in [-0.4, -0.2) is 49.4 Å². The molecular weight excluding hydrogens is 602 g/mol. The van der Waals surface area contributed by atoms with Gasteiger partial charge in [-0.05, 0) is 92.6 Å². The average molecular weight is 646 g/mol. The van der Waals surface area contributed by atoms with Crippen LogP contribution in [0.5, 0.6) is 11.5 Å². The molecule has 2 heterocycles. The number of pyridine rings is 1. The highest BCUT2D eigenvalue weighted by molar-refractivity contribution is 7.89. The molecule has 11 heteroatoms. The first-order chi connectivity index (χ1) is 22.2. The number of sulfonamides is 1. The molecule has 46 heavy (non-hydrogen) atoms. The Hall–Kier alpha value is -4.35. The highest BCUT2D eigenvalue weighted by Crippen LogP contribution is 2.34. The lowest BCUT2D eigenvalue weighted by Crippen LogP contribution is -2.35. The van der Waals surface area contributed by atoms with Gasteiger partial charge in [-0.15, -0.1) is 0 Å². The highest BCUT2D eigenvalue weighted by Gasteiger charge is 2.28. The Morgan fingerprint density at radius 3 is 2.48 bits per heavy atom. The molecule has 1 fully saturated rings. The van der Waals surface area contributed by atoms with Gasteiger partial charge >= 0.3 is 0 Å². The first-order valence-electron chi connectivity index (χ1n) is 15.9. The van der Waals surface area contributed by atoms with E-state index in [1.807, 2.05) is 51.1 Å². The summed E-state index contributed by atoms with van der Waals surface area (Å²) in [5.41, 5.74) is 7.94. The van der Waals surface area contributed by atoms with Gasteiger partial charge in [0.15, 0.2) is 11.5 Å². The maximum atomic E-state index is 14.0. The first kappa shape index (κ1) is 33.0. The number of fused-ring (bicyclic) bond motifs is 1. The zero-order valence-electron chi connectivity index (χ0n) is 26.7. The smallest absolute Gasteiger partial charge is 0.247 e. The second-order valence-corrected chi connectivity index (χ2v) is 13.6. The van der Waals surface area contributed by atoms with Crippen LogP contribution >= 0.6 is 0 Å². The molecule has 0 radical (unpaired) electrons. The van der Waals surface area contributed by atoms with E-state index in [1.54, 1.807) is 46.9 Å². The van der Waals surface area contributed by atoms with E-state index < -0.39 is 16.1 Å². The van der Waals surface area contributed by atoms with Crippen LogP contribution in [-0.2, 0) is 21.4 Å². The number of carbonyl (C=O) groups is 1. The number of ether oxygens (including phenoxy) is 2. The number of nitrogens with zero attached hydrogens (tertiary/aromatic N) is 2. The number of anilines is 2. The van der Waals surface area contributed by atoms with Gasteiger partial charge < -0.3 is 25.8 Å². The molecule has 1 aliphatic rings. The maximum absolute atomic E-state index is 14.0. The number of hydrogen-bond acceptors (Lipinski definition) is 8. The van der Waals surface area contributed by atoms with Crippen molar-refractivity contribution in [2.45, 2.75) is 70.0 Å². The summed E-state index contributed by atoms with van der Waals surface area (Å²) >= 11 is 0. The Morgan fingerprint density at radius 2 is 1.74 bits per heavy atom. The van der Waals surface area contributed by atoms with Crippen molar-refractivity contribution in [2.75, 3.05) is 30.7 Å². The number of nitrogen functional groups attached to an aromatic ring is 1. The van der Waals surface area contributed by atoms with Crippen LogP contribution in [0.1, 0.15) is 63.6 Å². The van der Waals surface area contributed by atoms with Crippen molar-refractivity contribution in [3.05, 3.63) is 84.1 Å². The number of aromatic nitrogens is 1. The lowest BCUT2D eigenvalue weighted by atomic mass is 10.0. The number of nitrogens with one attached hydrogen (secondary N) is 2. The molecule has 5 rings (SSSR count). The second kappa shape index (κ2) is 14.8. The quantitative estimate of drug-likeness (QED) is 0.170. The Kier molecular flexibility index (Phi) is 10.6. The van der Waals surface area contributed by atoms with Crippen LogP contribution in [0.4, 0.5) is 11.5 Å². The molecule has 1 saturated heterocycles. The van der Waals surface area contributed by atoms with Crippen molar-refractivity contribution >= 4 is 38.2 Å². The van der Waals surface area contributed by atoms with Crippen LogP contribution in [0.15, 0.2) is 77.8 Å². The van der Waals surface area contributed by atoms with Gasteiger partial charge in [-0.2, -0.15) is 4.31 Å². The van der Waals surface area contributed by atoms with Crippen LogP contribution in [0.2, 0.25) is 0 Å². The largest absolute Gasteiger partial charge is 0.490 e. The predicted molar refractivity (Wildman–Crippen MR) is 181 cm³/mol. The third-order valence-electron chi connectivity index (χ3n) is 7.94. The zero-order valence-corrected chi connectivity index (χ0v) is 27.5. The molecule has 1 atom stereocenters. The van der Waals surface area contributed by atoms with E-state index in [1.165, 1.54) is 0 Å². The van der Waals surface area contributed by atoms with Gasteiger partial charge in [0, 0.05) is 36.9 Å². The maximum Gasteiger partial charge on any atom is 0.247 e. The SMILES string of the molecule is CCOc1cc(C(Nc2ccc3c(N)nccc3c2)C(=O)NCc2ccccc2S(=O)(=O)N2CCCCCC2)ccc1OC(C)C. The van der Waals surface area contributed by atoms with E-state index >= 15 is 0 Å². The number of amides is 1. The van der Waals surface area contributed by atoms with Gasteiger partial charge in [0.2, 0.25) is 15.9 Å². The Bertz CT molecular complexity index is 1770. The summed E-state index contributed by atoms with van der Waals surface area (Å²) in [7, 11) is -3.72. The van der Waals surface area contributed by atoms with Crippen LogP contribution < -0.4 is 25.8 Å². The first-order valence-corrected chi connectivity index (χ1v) is 17.3. The molecule has 1 amide bonds. The number of rotatable bonds is 12. The number of hydrogen-bond donors (Lipinski definition) is 3. The van der Waals surface area contributed by atoms with E-state index in [-0.39, 0.29) is 23.5 Å². The summed E-state index contributed by atoms with van der Waals surface area (Å²) in [5.74, 6) is 1.20. The van der Waals surface area contributed by atoms with Crippen LogP contribution in [0.3, 0.4) is 0 Å². The summed E-state index contributed by atoms with van der Waals surface area (Å²) in [6.45, 7) is 7.23. The molecule has 0 spiro atoms. The number of benzene rings is 3. The Labute approximate surface area is 271 Å². The fraction of sp³-hybridized carbons (Fsp3) is 0.371. The molecule has 0 bridgehead atoms. The minimum Gasteiger partial charge on any atom is -0.490 e. The molecular formula is C35H43N5O5S. The molecule has 3 aromatic carbocycles. The molecule has 244 valence electrons. The Balaban J connectivity index is 1.45. The third-order valence-corrected chi connectivity index (χ3v) is 9.94. The standard InChI is InChI=1S/C35H43N5O5S/c1-4-44-31-22-26(13-16-30(31)45-24(2)3)33(39-28-14-15-29-25(21-28)17-18-37-34(29)36)35(41)38-23-27-11-7-8-12-32(27)46(42,43)40-19-9-5-6-10-20-40/h7-8,11-18,21-22,24,33,39H,4-6,9-10,19-20,23H2,1-3H3,(H2,36,37)(H,38,41). The van der Waals surface area contributed by atoms with Gasteiger partial charge in [0.25, 0.3) is 0 Å². The normalized spacial score (nSPS) is 14.9. The molecule has 10 nitrogen and oxygen atoms in total. The second-order valence-electron chi connectivity index (χ2n) is 11.7. The van der Waals surface area contributed by atoms with Gasteiger partial charge in [-0.25, -0.2) is 13.4 Å². The monoisotopic (exact) mass is 645 g/mol. The Morgan fingerprint density at radius 1 is 0.978 bits per heavy atom. The minimum atomic E-state index is -3.72. The molecule has 0 aliphatic carbocycles. The van der Waals surface area contributed by atoms with Gasteiger partial charge in [0.1, 0.15) is 11.9 Å². The van der Waals surface area contributed by atoms with E-state index in [2.05, 4.69) is 15.6 Å². The summed E-state index contributed by atoms with van der Waals surface area (Å²) in [4.78, 5) is 18.4. The van der Waals surface area contributed by atoms with Gasteiger partial charge in [-0.1, -0.05) is 37.1 Å². The summed E-state index contributed by atoms with van der Waals surface area (Å²) in [6.07, 6.45) is 5.31. The summed E-state index contributed by atoms with van der Waals surface area (Å²) < 4.78 is 40.8. The number of nitrogens with two attached hydrogens (primary N) is 1. The lowest BCUT2D eigenvalue weighted by Gasteiger charge is -2.24. The lowest BCUT2D eigenvalue weighted by molar-refractivity contribution is -0.122. The molecule has 0 saturated carbocycles. The van der Waals surface area contributed by atoms with E-state index in [0.717, 1.165) is 36.5 Å². The van der Waals surface area contributed by atoms with Crippen molar-refractivity contribution in [1.29, 1.82) is 0 Å². The molecule has 1 unspecified atom stereocenters. The minimum absolute atomic E-state index is 0.0348. The van der Waals surface area contributed by atoms with E-state index in [0.29, 0.717) is 53.8 Å². The average Bonchev–Trinajstić information content (AvgIpc) is 3.34. The summed E-state index contributed by atoms with van der Waals surface area (Å²) in [6, 6.07) is 19.0. The fourth-order valence-corrected chi connectivity index (χ4v) is 7.43. The molecule has 4 aromatic rings. The van der Waals surface area contributed by atoms with Gasteiger partial charge in [-0.3, -0.25) is 4.79 Å². The van der Waals surface area contributed by atoms with Crippen molar-refractivity contribution in [2.24, 2.45) is 0 Å². The van der Waals surface area contributed by atoms with Crippen molar-refractivity contribution < 1.29 is 22.7 Å². The van der Waals surface area contributed by atoms with Crippen molar-refractivity contribution in [3.8, 4) is 11.5 Å². The number of carbonyl (C=O) groups excluding carboxylic acids is 1. The predicted octanol–water partition coefficient (Wildman–Crippen LogP) is 6.04. The highest BCUT2D eigenvalue weighted by atomic mass is 32.2. The van der Waals surface area contributed by atoms with Crippen molar-refractivity contribution in [3.63, 3.8) is 0 Å². The van der Waals surface area contributed by atoms with Crippen molar-refractivity contribution in [1.82, 2.24) is 14.6 Å². The zero-order chi connectivity index (χ0) is 32.7. The van der Waals surface area contributed by atoms with E-state index in [9.17, 15) is 13.2 Å². The van der Waals surface area contributed by atoms with E-state index in [4.69, 9.17) is 15.2 Å². The van der Waals surface area contributed by atoms with Crippen LogP contribution in [0.25, 0.3) is 10.8 Å². The van der Waals surface area contributed by atoms with Gasteiger partial charge in [0.05, 0.1) is 17.6 Å². The third kappa shape index (κ3) is 7.71. The molecule has 1 aromatic heterocycles. The fourth-order valence-electron chi connectivity index (χ4n) is 5.69. The molecule has 4 N–H and O–H groups in total.